The van der Waals surface area contributed by atoms with Gasteiger partial charge in [0, 0.05) is 18.1 Å². The molecule has 0 spiro atoms. The molecule has 1 amide bonds. The van der Waals surface area contributed by atoms with Crippen LogP contribution in [0.25, 0.3) is 0 Å². The zero-order valence-electron chi connectivity index (χ0n) is 12.0. The number of carboxylic acids is 1. The molecule has 0 aliphatic heterocycles. The monoisotopic (exact) mass is 387 g/mol. The molecule has 0 saturated heterocycles. The van der Waals surface area contributed by atoms with Crippen LogP contribution in [0.3, 0.4) is 0 Å². The number of hydrogen-bond acceptors (Lipinski definition) is 4. The van der Waals surface area contributed by atoms with Gasteiger partial charge in [-0.2, -0.15) is 0 Å². The first-order valence-electron chi connectivity index (χ1n) is 6.65. The summed E-state index contributed by atoms with van der Waals surface area (Å²) in [5, 5.41) is 14.3. The van der Waals surface area contributed by atoms with Gasteiger partial charge in [-0.3, -0.25) is 9.78 Å². The Morgan fingerprint density at radius 2 is 1.75 bits per heavy atom. The third kappa shape index (κ3) is 4.99. The number of pyridine rings is 1. The Balaban J connectivity index is 2.14. The normalized spacial score (nSPS) is 12.3. The summed E-state index contributed by atoms with van der Waals surface area (Å²) in [5.41, 5.74) is 0.896. The van der Waals surface area contributed by atoms with Gasteiger partial charge in [0.05, 0.1) is 11.1 Å². The molecule has 9 heteroatoms. The van der Waals surface area contributed by atoms with Crippen LogP contribution < -0.4 is 10.6 Å². The van der Waals surface area contributed by atoms with Gasteiger partial charge < -0.3 is 15.7 Å². The van der Waals surface area contributed by atoms with E-state index in [1.807, 2.05) is 0 Å². The molecule has 6 nitrogen and oxygen atoms in total. The number of benzene rings is 1. The van der Waals surface area contributed by atoms with Crippen molar-refractivity contribution in [2.75, 3.05) is 5.32 Å². The molecule has 2 aromatic rings. The van der Waals surface area contributed by atoms with Crippen LogP contribution in [-0.2, 0) is 0 Å². The van der Waals surface area contributed by atoms with Crippen molar-refractivity contribution >= 4 is 52.4 Å². The lowest BCUT2D eigenvalue weighted by Crippen LogP contribution is -2.49. The summed E-state index contributed by atoms with van der Waals surface area (Å²) in [5.74, 6) is -1.53. The van der Waals surface area contributed by atoms with Crippen LogP contribution in [0.1, 0.15) is 20.7 Å². The number of nitrogens with one attached hydrogen (secondary N) is 2. The van der Waals surface area contributed by atoms with E-state index >= 15 is 0 Å². The van der Waals surface area contributed by atoms with Crippen molar-refractivity contribution in [2.24, 2.45) is 0 Å². The van der Waals surface area contributed by atoms with E-state index in [1.165, 1.54) is 36.7 Å². The summed E-state index contributed by atoms with van der Waals surface area (Å²) in [6.45, 7) is 0. The van der Waals surface area contributed by atoms with Crippen LogP contribution in [0.4, 0.5) is 5.69 Å². The fourth-order valence-electron chi connectivity index (χ4n) is 1.79. The molecule has 0 aliphatic carbocycles. The van der Waals surface area contributed by atoms with E-state index < -0.39 is 21.8 Å². The zero-order chi connectivity index (χ0) is 17.7. The van der Waals surface area contributed by atoms with E-state index in [0.29, 0.717) is 11.3 Å². The van der Waals surface area contributed by atoms with Gasteiger partial charge in [0.2, 0.25) is 3.79 Å². The molecular formula is C15H12Cl3N3O3. The quantitative estimate of drug-likeness (QED) is 0.540. The summed E-state index contributed by atoms with van der Waals surface area (Å²) in [4.78, 5) is 26.9. The Bertz CT molecular complexity index is 718. The standard InChI is InChI=1S/C15H12Cl3N3O3/c16-15(17,18)14(21-12(22)10-2-1-7-19-8-10)20-11-5-3-9(4-6-11)13(23)24/h1-8,14,20H,(H,21,22)(H,23,24)/t14-/m0/s1. The first kappa shape index (κ1) is 18.3. The number of alkyl halides is 3. The molecule has 126 valence electrons. The summed E-state index contributed by atoms with van der Waals surface area (Å²) in [7, 11) is 0. The van der Waals surface area contributed by atoms with E-state index in [2.05, 4.69) is 15.6 Å². The molecule has 3 N–H and O–H groups in total. The Hall–Kier alpha value is -2.02. The summed E-state index contributed by atoms with van der Waals surface area (Å²) >= 11 is 17.7. The Kier molecular flexibility index (Phi) is 5.88. The molecule has 0 unspecified atom stereocenters. The van der Waals surface area contributed by atoms with E-state index in [1.54, 1.807) is 12.1 Å². The van der Waals surface area contributed by atoms with E-state index in [-0.39, 0.29) is 5.56 Å². The number of rotatable bonds is 5. The van der Waals surface area contributed by atoms with Crippen LogP contribution in [-0.4, -0.2) is 31.9 Å². The van der Waals surface area contributed by atoms with Gasteiger partial charge in [0.1, 0.15) is 6.17 Å². The molecule has 1 atom stereocenters. The number of amides is 1. The number of hydrogen-bond donors (Lipinski definition) is 3. The fourth-order valence-corrected chi connectivity index (χ4v) is 2.11. The average Bonchev–Trinajstić information content (AvgIpc) is 2.54. The van der Waals surface area contributed by atoms with Crippen molar-refractivity contribution < 1.29 is 14.7 Å². The van der Waals surface area contributed by atoms with Gasteiger partial charge >= 0.3 is 5.97 Å². The zero-order valence-corrected chi connectivity index (χ0v) is 14.3. The third-order valence-electron chi connectivity index (χ3n) is 2.97. The highest BCUT2D eigenvalue weighted by atomic mass is 35.6. The molecule has 2 rings (SSSR count). The second-order valence-corrected chi connectivity index (χ2v) is 7.09. The highest BCUT2D eigenvalue weighted by molar-refractivity contribution is 6.68. The SMILES string of the molecule is O=C(O)c1ccc(N[C@@H](NC(=O)c2cccnc2)C(Cl)(Cl)Cl)cc1. The molecule has 0 radical (unpaired) electrons. The smallest absolute Gasteiger partial charge is 0.335 e. The maximum Gasteiger partial charge on any atom is 0.335 e. The minimum absolute atomic E-state index is 0.116. The Morgan fingerprint density at radius 1 is 1.08 bits per heavy atom. The van der Waals surface area contributed by atoms with Gasteiger partial charge in [-0.05, 0) is 36.4 Å². The molecule has 0 aliphatic rings. The second kappa shape index (κ2) is 7.70. The van der Waals surface area contributed by atoms with E-state index in [0.717, 1.165) is 0 Å². The van der Waals surface area contributed by atoms with Crippen LogP contribution in [0, 0.1) is 0 Å². The number of halogens is 3. The fraction of sp³-hybridized carbons (Fsp3) is 0.133. The lowest BCUT2D eigenvalue weighted by atomic mass is 10.2. The van der Waals surface area contributed by atoms with Gasteiger partial charge in [-0.1, -0.05) is 34.8 Å². The number of carbonyl (C=O) groups excluding carboxylic acids is 1. The van der Waals surface area contributed by atoms with Crippen LogP contribution >= 0.6 is 34.8 Å². The van der Waals surface area contributed by atoms with Gasteiger partial charge in [-0.25, -0.2) is 4.79 Å². The Morgan fingerprint density at radius 3 is 2.25 bits per heavy atom. The first-order chi connectivity index (χ1) is 11.3. The minimum Gasteiger partial charge on any atom is -0.478 e. The molecule has 1 aromatic heterocycles. The van der Waals surface area contributed by atoms with Crippen LogP contribution in [0.5, 0.6) is 0 Å². The number of carboxylic acid groups (broad SMARTS) is 1. The number of nitrogens with zero attached hydrogens (tertiary/aromatic N) is 1. The number of carbonyl (C=O) groups is 2. The van der Waals surface area contributed by atoms with Crippen LogP contribution in [0.15, 0.2) is 48.8 Å². The van der Waals surface area contributed by atoms with Crippen molar-refractivity contribution in [3.63, 3.8) is 0 Å². The summed E-state index contributed by atoms with van der Waals surface area (Å²) in [6.07, 6.45) is 1.86. The number of aromatic nitrogens is 1. The molecule has 0 bridgehead atoms. The van der Waals surface area contributed by atoms with Crippen molar-refractivity contribution in [3.8, 4) is 0 Å². The second-order valence-electron chi connectivity index (χ2n) is 4.72. The largest absolute Gasteiger partial charge is 0.478 e. The molecule has 1 aromatic carbocycles. The van der Waals surface area contributed by atoms with Crippen molar-refractivity contribution in [3.05, 3.63) is 59.9 Å². The van der Waals surface area contributed by atoms with E-state index in [4.69, 9.17) is 39.9 Å². The van der Waals surface area contributed by atoms with Crippen molar-refractivity contribution in [1.82, 2.24) is 10.3 Å². The molecule has 0 saturated carbocycles. The third-order valence-corrected chi connectivity index (χ3v) is 3.62. The first-order valence-corrected chi connectivity index (χ1v) is 7.78. The lowest BCUT2D eigenvalue weighted by molar-refractivity contribution is 0.0696. The van der Waals surface area contributed by atoms with Gasteiger partial charge in [0.25, 0.3) is 5.91 Å². The average molecular weight is 389 g/mol. The predicted octanol–water partition coefficient (Wildman–Crippen LogP) is 3.32. The van der Waals surface area contributed by atoms with E-state index in [9.17, 15) is 9.59 Å². The molecule has 24 heavy (non-hydrogen) atoms. The van der Waals surface area contributed by atoms with Crippen LogP contribution in [0.2, 0.25) is 0 Å². The number of anilines is 1. The van der Waals surface area contributed by atoms with Gasteiger partial charge in [0.15, 0.2) is 0 Å². The maximum absolute atomic E-state index is 12.2. The maximum atomic E-state index is 12.2. The topological polar surface area (TPSA) is 91.3 Å². The van der Waals surface area contributed by atoms with Gasteiger partial charge in [-0.15, -0.1) is 0 Å². The summed E-state index contributed by atoms with van der Waals surface area (Å²) in [6, 6.07) is 8.97. The Labute approximate surface area is 152 Å². The lowest BCUT2D eigenvalue weighted by Gasteiger charge is -2.27. The number of aromatic carboxylic acids is 1. The highest BCUT2D eigenvalue weighted by Crippen LogP contribution is 2.31. The van der Waals surface area contributed by atoms with Crippen molar-refractivity contribution in [1.29, 1.82) is 0 Å². The molecule has 1 heterocycles. The van der Waals surface area contributed by atoms with Crippen molar-refractivity contribution in [2.45, 2.75) is 9.96 Å². The highest BCUT2D eigenvalue weighted by Gasteiger charge is 2.34. The minimum atomic E-state index is -1.84. The molecule has 0 fully saturated rings. The molecular weight excluding hydrogens is 377 g/mol. The summed E-state index contributed by atoms with van der Waals surface area (Å²) < 4.78 is -1.84. The predicted molar refractivity (Wildman–Crippen MR) is 92.8 cm³/mol.